The van der Waals surface area contributed by atoms with Crippen LogP contribution in [-0.4, -0.2) is 24.5 Å². The first-order valence-electron chi connectivity index (χ1n) is 8.82. The number of nitrogens with one attached hydrogen (secondary N) is 1. The highest BCUT2D eigenvalue weighted by Gasteiger charge is 2.28. The van der Waals surface area contributed by atoms with Crippen LogP contribution < -0.4 is 5.32 Å². The summed E-state index contributed by atoms with van der Waals surface area (Å²) in [4.78, 5) is 2.67. The van der Waals surface area contributed by atoms with E-state index in [-0.39, 0.29) is 0 Å². The molecule has 0 atom stereocenters. The fourth-order valence-electron chi connectivity index (χ4n) is 4.19. The molecule has 4 rings (SSSR count). The van der Waals surface area contributed by atoms with Crippen LogP contribution in [0, 0.1) is 18.8 Å². The molecule has 0 bridgehead atoms. The molecule has 2 heteroatoms. The summed E-state index contributed by atoms with van der Waals surface area (Å²) in [6.45, 7) is 8.48. The number of fused-ring (bicyclic) bond motifs is 1. The normalized spacial score (nSPS) is 23.5. The summed E-state index contributed by atoms with van der Waals surface area (Å²) in [5.41, 5.74) is 6.38. The molecule has 2 heterocycles. The SMILES string of the molecule is Cc1cc(CC2CCNCC2)cc2c1CN(CC1CC1)C2. The zero-order valence-corrected chi connectivity index (χ0v) is 13.3. The number of hydrogen-bond acceptors (Lipinski definition) is 2. The van der Waals surface area contributed by atoms with E-state index in [1.165, 1.54) is 70.4 Å². The van der Waals surface area contributed by atoms with Gasteiger partial charge >= 0.3 is 0 Å². The van der Waals surface area contributed by atoms with Crippen molar-refractivity contribution in [1.82, 2.24) is 10.2 Å². The van der Waals surface area contributed by atoms with Gasteiger partial charge in [-0.3, -0.25) is 4.90 Å². The minimum atomic E-state index is 0.896. The fourth-order valence-corrected chi connectivity index (χ4v) is 4.19. The van der Waals surface area contributed by atoms with Gasteiger partial charge in [-0.05, 0) is 86.2 Å². The Morgan fingerprint density at radius 1 is 1.05 bits per heavy atom. The van der Waals surface area contributed by atoms with E-state index in [4.69, 9.17) is 0 Å². The molecule has 1 saturated carbocycles. The van der Waals surface area contributed by atoms with Crippen LogP contribution in [0.15, 0.2) is 12.1 Å². The summed E-state index contributed by atoms with van der Waals surface area (Å²) in [7, 11) is 0. The number of aryl methyl sites for hydroxylation is 1. The molecule has 2 nitrogen and oxygen atoms in total. The van der Waals surface area contributed by atoms with Crippen LogP contribution in [-0.2, 0) is 19.5 Å². The Labute approximate surface area is 128 Å². The average molecular weight is 284 g/mol. The lowest BCUT2D eigenvalue weighted by atomic mass is 9.89. The van der Waals surface area contributed by atoms with Gasteiger partial charge in [-0.2, -0.15) is 0 Å². The van der Waals surface area contributed by atoms with Gasteiger partial charge in [0.1, 0.15) is 0 Å². The van der Waals surface area contributed by atoms with E-state index in [1.807, 2.05) is 0 Å². The maximum atomic E-state index is 3.48. The van der Waals surface area contributed by atoms with Crippen LogP contribution in [0.5, 0.6) is 0 Å². The largest absolute Gasteiger partial charge is 0.317 e. The molecule has 0 unspecified atom stereocenters. The summed E-state index contributed by atoms with van der Waals surface area (Å²) in [5.74, 6) is 1.90. The molecule has 0 radical (unpaired) electrons. The lowest BCUT2D eigenvalue weighted by Crippen LogP contribution is -2.28. The standard InChI is InChI=1S/C19H28N2/c1-14-8-17(9-15-4-6-20-7-5-15)10-18-12-21(13-19(14)18)11-16-2-3-16/h8,10,15-16,20H,2-7,9,11-13H2,1H3. The molecule has 3 aliphatic rings. The van der Waals surface area contributed by atoms with Crippen molar-refractivity contribution in [3.05, 3.63) is 34.4 Å². The van der Waals surface area contributed by atoms with E-state index in [9.17, 15) is 0 Å². The minimum Gasteiger partial charge on any atom is -0.317 e. The predicted octanol–water partition coefficient (Wildman–Crippen LogP) is 3.26. The van der Waals surface area contributed by atoms with Crippen molar-refractivity contribution in [2.75, 3.05) is 19.6 Å². The summed E-state index contributed by atoms with van der Waals surface area (Å²) in [6, 6.07) is 5.00. The molecular weight excluding hydrogens is 256 g/mol. The summed E-state index contributed by atoms with van der Waals surface area (Å²) < 4.78 is 0. The number of rotatable bonds is 4. The molecule has 2 aliphatic heterocycles. The molecular formula is C19H28N2. The van der Waals surface area contributed by atoms with Gasteiger partial charge in [-0.15, -0.1) is 0 Å². The van der Waals surface area contributed by atoms with Gasteiger partial charge in [0.05, 0.1) is 0 Å². The molecule has 21 heavy (non-hydrogen) atoms. The number of hydrogen-bond donors (Lipinski definition) is 1. The smallest absolute Gasteiger partial charge is 0.0243 e. The van der Waals surface area contributed by atoms with Crippen LogP contribution in [0.1, 0.15) is 47.9 Å². The molecule has 1 saturated heterocycles. The Bertz CT molecular complexity index is 513. The monoisotopic (exact) mass is 284 g/mol. The molecule has 1 aromatic carbocycles. The number of nitrogens with zero attached hydrogens (tertiary/aromatic N) is 1. The minimum absolute atomic E-state index is 0.896. The van der Waals surface area contributed by atoms with E-state index >= 15 is 0 Å². The molecule has 1 aliphatic carbocycles. The highest BCUT2D eigenvalue weighted by molar-refractivity contribution is 5.41. The molecule has 0 amide bonds. The molecule has 0 spiro atoms. The zero-order chi connectivity index (χ0) is 14.2. The average Bonchev–Trinajstić information content (AvgIpc) is 3.18. The maximum absolute atomic E-state index is 3.48. The van der Waals surface area contributed by atoms with Crippen LogP contribution in [0.25, 0.3) is 0 Å². The van der Waals surface area contributed by atoms with Gasteiger partial charge in [0.25, 0.3) is 0 Å². The van der Waals surface area contributed by atoms with Crippen molar-refractivity contribution in [3.63, 3.8) is 0 Å². The fraction of sp³-hybridized carbons (Fsp3) is 0.684. The molecule has 114 valence electrons. The van der Waals surface area contributed by atoms with Crippen molar-refractivity contribution in [2.45, 2.75) is 52.1 Å². The van der Waals surface area contributed by atoms with E-state index < -0.39 is 0 Å². The van der Waals surface area contributed by atoms with Crippen LogP contribution in [0.3, 0.4) is 0 Å². The molecule has 1 aromatic rings. The van der Waals surface area contributed by atoms with Crippen molar-refractivity contribution in [3.8, 4) is 0 Å². The second-order valence-electron chi connectivity index (χ2n) is 7.56. The molecule has 0 aromatic heterocycles. The van der Waals surface area contributed by atoms with E-state index in [0.717, 1.165) is 11.8 Å². The Kier molecular flexibility index (Phi) is 3.76. The van der Waals surface area contributed by atoms with Crippen LogP contribution in [0.2, 0.25) is 0 Å². The van der Waals surface area contributed by atoms with E-state index in [0.29, 0.717) is 0 Å². The summed E-state index contributed by atoms with van der Waals surface area (Å²) in [6.07, 6.45) is 6.92. The van der Waals surface area contributed by atoms with E-state index in [2.05, 4.69) is 29.3 Å². The quantitative estimate of drug-likeness (QED) is 0.913. The van der Waals surface area contributed by atoms with Crippen molar-refractivity contribution in [2.24, 2.45) is 11.8 Å². The third-order valence-corrected chi connectivity index (χ3v) is 5.60. The lowest BCUT2D eigenvalue weighted by Gasteiger charge is -2.23. The highest BCUT2D eigenvalue weighted by Crippen LogP contribution is 2.34. The Morgan fingerprint density at radius 2 is 1.86 bits per heavy atom. The van der Waals surface area contributed by atoms with Gasteiger partial charge in [0.15, 0.2) is 0 Å². The summed E-state index contributed by atoms with van der Waals surface area (Å²) in [5, 5.41) is 3.48. The van der Waals surface area contributed by atoms with Gasteiger partial charge in [0, 0.05) is 19.6 Å². The predicted molar refractivity (Wildman–Crippen MR) is 87.3 cm³/mol. The number of benzene rings is 1. The lowest BCUT2D eigenvalue weighted by molar-refractivity contribution is 0.272. The van der Waals surface area contributed by atoms with Gasteiger partial charge in [-0.1, -0.05) is 12.1 Å². The Balaban J connectivity index is 1.46. The van der Waals surface area contributed by atoms with Gasteiger partial charge < -0.3 is 5.32 Å². The van der Waals surface area contributed by atoms with Gasteiger partial charge in [0.2, 0.25) is 0 Å². The first kappa shape index (κ1) is 13.8. The first-order chi connectivity index (χ1) is 10.3. The third-order valence-electron chi connectivity index (χ3n) is 5.60. The van der Waals surface area contributed by atoms with Crippen molar-refractivity contribution >= 4 is 0 Å². The first-order valence-corrected chi connectivity index (χ1v) is 8.82. The van der Waals surface area contributed by atoms with Gasteiger partial charge in [-0.25, -0.2) is 0 Å². The third kappa shape index (κ3) is 3.17. The second-order valence-corrected chi connectivity index (χ2v) is 7.56. The highest BCUT2D eigenvalue weighted by atomic mass is 15.1. The van der Waals surface area contributed by atoms with Crippen molar-refractivity contribution in [1.29, 1.82) is 0 Å². The second kappa shape index (κ2) is 5.73. The zero-order valence-electron chi connectivity index (χ0n) is 13.3. The van der Waals surface area contributed by atoms with Crippen molar-refractivity contribution < 1.29 is 0 Å². The van der Waals surface area contributed by atoms with Crippen LogP contribution >= 0.6 is 0 Å². The number of piperidine rings is 1. The summed E-state index contributed by atoms with van der Waals surface area (Å²) >= 11 is 0. The molecule has 1 N–H and O–H groups in total. The van der Waals surface area contributed by atoms with Crippen LogP contribution in [0.4, 0.5) is 0 Å². The van der Waals surface area contributed by atoms with E-state index in [1.54, 1.807) is 16.7 Å². The maximum Gasteiger partial charge on any atom is 0.0243 e. The Morgan fingerprint density at radius 3 is 2.62 bits per heavy atom. The topological polar surface area (TPSA) is 15.3 Å². The molecule has 2 fully saturated rings. The Hall–Kier alpha value is -0.860.